The van der Waals surface area contributed by atoms with Crippen molar-refractivity contribution in [2.24, 2.45) is 5.18 Å². The zero-order valence-electron chi connectivity index (χ0n) is 24.4. The maximum Gasteiger partial charge on any atom is 0.315 e. The summed E-state index contributed by atoms with van der Waals surface area (Å²) in [7, 11) is 0. The molecule has 0 radical (unpaired) electrons. The second-order valence-electron chi connectivity index (χ2n) is 11.6. The number of nitrogens with zero attached hydrogens (tertiary/aromatic N) is 1. The normalized spacial score (nSPS) is 27.9. The van der Waals surface area contributed by atoms with Gasteiger partial charge in [-0.1, -0.05) is 42.8 Å². The minimum Gasteiger partial charge on any atom is -0.332 e. The Balaban J connectivity index is 1.09. The van der Waals surface area contributed by atoms with E-state index in [0.717, 1.165) is 69.3 Å². The maximum atomic E-state index is 12.8. The highest BCUT2D eigenvalue weighted by Crippen LogP contribution is 2.35. The van der Waals surface area contributed by atoms with Crippen molar-refractivity contribution in [3.63, 3.8) is 0 Å². The molecule has 4 rings (SSSR count). The van der Waals surface area contributed by atoms with Gasteiger partial charge in [0.15, 0.2) is 10.2 Å². The number of hydrogen-bond donors (Lipinski definition) is 4. The molecule has 4 N–H and O–H groups in total. The lowest BCUT2D eigenvalue weighted by molar-refractivity contribution is -0.118. The van der Waals surface area contributed by atoms with Gasteiger partial charge >= 0.3 is 12.1 Å². The van der Waals surface area contributed by atoms with E-state index in [0.29, 0.717) is 35.5 Å². The third-order valence-electron chi connectivity index (χ3n) is 8.38. The molecule has 0 aromatic heterocycles. The van der Waals surface area contributed by atoms with E-state index in [4.69, 9.17) is 0 Å². The van der Waals surface area contributed by atoms with Crippen LogP contribution in [-0.2, 0) is 14.4 Å². The van der Waals surface area contributed by atoms with Gasteiger partial charge in [-0.25, -0.2) is 9.59 Å². The summed E-state index contributed by atoms with van der Waals surface area (Å²) >= 11 is 6.47. The van der Waals surface area contributed by atoms with Crippen LogP contribution in [0.4, 0.5) is 9.59 Å². The van der Waals surface area contributed by atoms with Crippen LogP contribution in [0.3, 0.4) is 0 Å². The van der Waals surface area contributed by atoms with Gasteiger partial charge in [-0.05, 0) is 44.9 Å². The van der Waals surface area contributed by atoms with Gasteiger partial charge in [0.1, 0.15) is 0 Å². The number of nitroso groups, excluding NO2 is 1. The van der Waals surface area contributed by atoms with Gasteiger partial charge in [0.25, 0.3) is 5.91 Å². The van der Waals surface area contributed by atoms with Crippen molar-refractivity contribution in [3.05, 3.63) is 4.91 Å². The van der Waals surface area contributed by atoms with Crippen molar-refractivity contribution in [1.82, 2.24) is 21.3 Å². The van der Waals surface area contributed by atoms with Crippen molar-refractivity contribution in [2.45, 2.75) is 123 Å². The minimum atomic E-state index is -0.642. The lowest BCUT2D eigenvalue weighted by atomic mass is 10.0. The summed E-state index contributed by atoms with van der Waals surface area (Å²) < 4.78 is 0. The summed E-state index contributed by atoms with van der Waals surface area (Å²) in [5.41, 5.74) is 0. The smallest absolute Gasteiger partial charge is 0.315 e. The molecule has 0 spiro atoms. The highest BCUT2D eigenvalue weighted by atomic mass is 32.2. The van der Waals surface area contributed by atoms with Gasteiger partial charge in [0.2, 0.25) is 0 Å². The molecule has 0 saturated carbocycles. The molecule has 4 aliphatic heterocycles. The number of carbonyl (C=O) groups is 5. The van der Waals surface area contributed by atoms with Crippen LogP contribution < -0.4 is 21.3 Å². The van der Waals surface area contributed by atoms with Crippen molar-refractivity contribution >= 4 is 75.2 Å². The molecular formula is C28H43N5O6S4. The number of hydrogen-bond acceptors (Lipinski definition) is 10. The lowest BCUT2D eigenvalue weighted by Gasteiger charge is -2.17. The number of thioether (sulfide) groups is 4. The molecule has 43 heavy (non-hydrogen) atoms. The Morgan fingerprint density at radius 1 is 0.744 bits per heavy atom. The maximum absolute atomic E-state index is 12.8. The monoisotopic (exact) mass is 673 g/mol. The van der Waals surface area contributed by atoms with E-state index in [2.05, 4.69) is 26.4 Å². The summed E-state index contributed by atoms with van der Waals surface area (Å²) in [5.74, 6) is 1.88. The molecule has 15 heteroatoms. The number of nitrogens with one attached hydrogen (secondary N) is 4. The molecule has 0 aliphatic carbocycles. The SMILES string of the molecule is O=NC(=O)CCCCC(CCSC(=O)CCCCC1SCC2NC(=O)NC21)SC(=O)CCCCC1SCC2NC(=O)NC21. The average Bonchev–Trinajstić information content (AvgIpc) is 3.73. The zero-order valence-corrected chi connectivity index (χ0v) is 27.7. The second kappa shape index (κ2) is 17.9. The first-order chi connectivity index (χ1) is 20.8. The van der Waals surface area contributed by atoms with Crippen LogP contribution >= 0.6 is 47.0 Å². The Morgan fingerprint density at radius 2 is 1.30 bits per heavy atom. The molecule has 11 nitrogen and oxygen atoms in total. The Morgan fingerprint density at radius 3 is 1.88 bits per heavy atom. The largest absolute Gasteiger partial charge is 0.332 e. The van der Waals surface area contributed by atoms with Crippen LogP contribution in [0.25, 0.3) is 0 Å². The standard InChI is InChI=1S/C28H43N5O6S4/c34-22(33-39)10-4-1-7-17(43-24(36)12-6-3-9-21-26-19(16-42-21)30-28(38)32-26)13-14-40-23(35)11-5-2-8-20-25-18(15-41-20)29-27(37)31-25/h17-21,25-26H,1-16H2,(H2,29,31,37)(H2,30,32,38). The molecule has 5 amide bonds. The van der Waals surface area contributed by atoms with Gasteiger partial charge in [-0.15, -0.1) is 4.91 Å². The molecule has 0 aromatic rings. The highest BCUT2D eigenvalue weighted by Gasteiger charge is 2.43. The second-order valence-corrected chi connectivity index (χ2v) is 16.6. The van der Waals surface area contributed by atoms with Gasteiger partial charge in [-0.3, -0.25) is 14.4 Å². The van der Waals surface area contributed by atoms with Crippen molar-refractivity contribution in [1.29, 1.82) is 0 Å². The summed E-state index contributed by atoms with van der Waals surface area (Å²) in [6, 6.07) is 0.648. The van der Waals surface area contributed by atoms with E-state index in [1.54, 1.807) is 0 Å². The van der Waals surface area contributed by atoms with E-state index in [1.165, 1.54) is 23.5 Å². The molecule has 0 aromatic carbocycles. The van der Waals surface area contributed by atoms with Crippen LogP contribution in [0, 0.1) is 4.91 Å². The molecule has 7 unspecified atom stereocenters. The number of fused-ring (bicyclic) bond motifs is 2. The summed E-state index contributed by atoms with van der Waals surface area (Å²) in [5, 5.41) is 15.6. The van der Waals surface area contributed by atoms with E-state index in [9.17, 15) is 28.9 Å². The van der Waals surface area contributed by atoms with Gasteiger partial charge in [-0.2, -0.15) is 23.5 Å². The van der Waals surface area contributed by atoms with Crippen LogP contribution in [0.2, 0.25) is 0 Å². The first-order valence-corrected chi connectivity index (χ1v) is 19.4. The summed E-state index contributed by atoms with van der Waals surface area (Å²) in [6.45, 7) is 0. The first kappa shape index (κ1) is 34.4. The fourth-order valence-electron chi connectivity index (χ4n) is 6.09. The Kier molecular flexibility index (Phi) is 14.3. The van der Waals surface area contributed by atoms with Crippen molar-refractivity contribution in [2.75, 3.05) is 17.3 Å². The van der Waals surface area contributed by atoms with Gasteiger partial charge in [0, 0.05) is 57.4 Å². The number of rotatable bonds is 19. The zero-order chi connectivity index (χ0) is 30.6. The Labute approximate surface area is 270 Å². The predicted octanol–water partition coefficient (Wildman–Crippen LogP) is 4.57. The molecule has 0 bridgehead atoms. The molecule has 4 heterocycles. The van der Waals surface area contributed by atoms with Gasteiger partial charge < -0.3 is 21.3 Å². The van der Waals surface area contributed by atoms with Crippen LogP contribution in [-0.4, -0.2) is 85.4 Å². The van der Waals surface area contributed by atoms with E-state index >= 15 is 0 Å². The predicted molar refractivity (Wildman–Crippen MR) is 176 cm³/mol. The first-order valence-electron chi connectivity index (χ1n) is 15.4. The molecular weight excluding hydrogens is 631 g/mol. The number of amides is 5. The van der Waals surface area contributed by atoms with Crippen molar-refractivity contribution < 1.29 is 24.0 Å². The molecule has 240 valence electrons. The third-order valence-corrected chi connectivity index (χ3v) is 13.6. The average molecular weight is 674 g/mol. The topological polar surface area (TPSA) is 163 Å². The molecule has 7 atom stereocenters. The number of unbranched alkanes of at least 4 members (excludes halogenated alkanes) is 3. The third kappa shape index (κ3) is 11.1. The van der Waals surface area contributed by atoms with Crippen LogP contribution in [0.1, 0.15) is 83.5 Å². The lowest BCUT2D eigenvalue weighted by Crippen LogP contribution is -2.36. The van der Waals surface area contributed by atoms with E-state index in [1.807, 2.05) is 23.5 Å². The fourth-order valence-corrected chi connectivity index (χ4v) is 11.4. The van der Waals surface area contributed by atoms with E-state index in [-0.39, 0.29) is 58.1 Å². The summed E-state index contributed by atoms with van der Waals surface area (Å²) in [6.07, 6.45) is 9.42. The number of carbonyl (C=O) groups excluding carboxylic acids is 5. The van der Waals surface area contributed by atoms with Crippen LogP contribution in [0.5, 0.6) is 0 Å². The Hall–Kier alpha value is -1.45. The van der Waals surface area contributed by atoms with Crippen LogP contribution in [0.15, 0.2) is 5.18 Å². The molecule has 4 saturated heterocycles. The highest BCUT2D eigenvalue weighted by molar-refractivity contribution is 8.14. The quantitative estimate of drug-likeness (QED) is 0.0868. The summed E-state index contributed by atoms with van der Waals surface area (Å²) in [4.78, 5) is 70.0. The van der Waals surface area contributed by atoms with Crippen molar-refractivity contribution in [3.8, 4) is 0 Å². The van der Waals surface area contributed by atoms with E-state index < -0.39 is 5.91 Å². The van der Waals surface area contributed by atoms with Gasteiger partial charge in [0.05, 0.1) is 24.2 Å². The number of urea groups is 2. The fraction of sp³-hybridized carbons (Fsp3) is 0.821. The minimum absolute atomic E-state index is 0.0700. The molecule has 4 aliphatic rings. The Bertz CT molecular complexity index is 1020. The molecule has 4 fully saturated rings.